The maximum absolute atomic E-state index is 14.1. The van der Waals surface area contributed by atoms with E-state index in [4.69, 9.17) is 23.2 Å². The third kappa shape index (κ3) is 8.70. The van der Waals surface area contributed by atoms with Gasteiger partial charge in [0.1, 0.15) is 12.6 Å². The van der Waals surface area contributed by atoms with Crippen LogP contribution in [0.2, 0.25) is 10.0 Å². The second-order valence-electron chi connectivity index (χ2n) is 9.63. The fourth-order valence-corrected chi connectivity index (χ4v) is 6.52. The highest BCUT2D eigenvalue weighted by Crippen LogP contribution is 2.28. The van der Waals surface area contributed by atoms with Gasteiger partial charge < -0.3 is 10.2 Å². The number of sulfonamides is 1. The summed E-state index contributed by atoms with van der Waals surface area (Å²) in [7, 11) is -4.15. The summed E-state index contributed by atoms with van der Waals surface area (Å²) in [5.74, 6) is -0.862. The van der Waals surface area contributed by atoms with Crippen molar-refractivity contribution in [3.8, 4) is 0 Å². The molecule has 3 aromatic carbocycles. The van der Waals surface area contributed by atoms with E-state index in [9.17, 15) is 18.0 Å². The Bertz CT molecular complexity index is 1470. The SMILES string of the molecule is CCCCNC(=O)[C@H](CC)N(Cc1ccc(Cl)cc1Cl)C(=O)CN(c1cccc(Br)c1)S(=O)(=O)c1ccc(C)cc1. The Kier molecular flexibility index (Phi) is 12.1. The van der Waals surface area contributed by atoms with Crippen molar-refractivity contribution in [2.24, 2.45) is 0 Å². The van der Waals surface area contributed by atoms with Gasteiger partial charge in [0.25, 0.3) is 10.0 Å². The Balaban J connectivity index is 2.06. The average Bonchev–Trinajstić information content (AvgIpc) is 2.93. The van der Waals surface area contributed by atoms with Crippen molar-refractivity contribution in [1.82, 2.24) is 10.2 Å². The zero-order valence-corrected chi connectivity index (χ0v) is 27.2. The highest BCUT2D eigenvalue weighted by Gasteiger charge is 2.34. The van der Waals surface area contributed by atoms with Crippen LogP contribution in [0, 0.1) is 6.92 Å². The van der Waals surface area contributed by atoms with Gasteiger partial charge in [0.05, 0.1) is 10.6 Å². The van der Waals surface area contributed by atoms with Gasteiger partial charge in [-0.1, -0.05) is 89.2 Å². The summed E-state index contributed by atoms with van der Waals surface area (Å²) < 4.78 is 29.6. The van der Waals surface area contributed by atoms with E-state index in [1.54, 1.807) is 54.6 Å². The predicted octanol–water partition coefficient (Wildman–Crippen LogP) is 6.98. The van der Waals surface area contributed by atoms with E-state index in [2.05, 4.69) is 21.2 Å². The molecule has 1 atom stereocenters. The number of hydrogen-bond donors (Lipinski definition) is 1. The largest absolute Gasteiger partial charge is 0.354 e. The minimum atomic E-state index is -4.15. The second kappa shape index (κ2) is 15.0. The molecule has 0 bridgehead atoms. The van der Waals surface area contributed by atoms with E-state index in [1.807, 2.05) is 20.8 Å². The number of nitrogens with one attached hydrogen (secondary N) is 1. The van der Waals surface area contributed by atoms with Gasteiger partial charge in [0.15, 0.2) is 0 Å². The molecule has 0 heterocycles. The van der Waals surface area contributed by atoms with Crippen molar-refractivity contribution in [3.63, 3.8) is 0 Å². The van der Waals surface area contributed by atoms with Crippen LogP contribution in [-0.4, -0.2) is 44.3 Å². The van der Waals surface area contributed by atoms with E-state index in [1.165, 1.54) is 17.0 Å². The fraction of sp³-hybridized carbons (Fsp3) is 0.333. The first-order valence-corrected chi connectivity index (χ1v) is 16.3. The summed E-state index contributed by atoms with van der Waals surface area (Å²) in [5, 5.41) is 3.68. The number of anilines is 1. The van der Waals surface area contributed by atoms with Crippen molar-refractivity contribution in [2.45, 2.75) is 57.5 Å². The quantitative estimate of drug-likeness (QED) is 0.197. The molecule has 3 rings (SSSR count). The number of aryl methyl sites for hydroxylation is 1. The van der Waals surface area contributed by atoms with Gasteiger partial charge in [0.2, 0.25) is 11.8 Å². The summed E-state index contributed by atoms with van der Waals surface area (Å²) >= 11 is 16.0. The number of rotatable bonds is 13. The molecular weight excluding hydrogens is 649 g/mol. The Morgan fingerprint density at radius 1 is 1.00 bits per heavy atom. The van der Waals surface area contributed by atoms with Crippen LogP contribution in [-0.2, 0) is 26.2 Å². The number of nitrogens with zero attached hydrogens (tertiary/aromatic N) is 2. The molecule has 0 aromatic heterocycles. The number of halogens is 3. The Labute approximate surface area is 261 Å². The molecule has 0 aliphatic heterocycles. The van der Waals surface area contributed by atoms with Crippen LogP contribution in [0.1, 0.15) is 44.2 Å². The first-order chi connectivity index (χ1) is 19.5. The Morgan fingerprint density at radius 3 is 2.32 bits per heavy atom. The van der Waals surface area contributed by atoms with Crippen molar-refractivity contribution in [1.29, 1.82) is 0 Å². The third-order valence-corrected chi connectivity index (χ3v) is 9.42. The van der Waals surface area contributed by atoms with E-state index in [-0.39, 0.29) is 17.3 Å². The maximum atomic E-state index is 14.1. The van der Waals surface area contributed by atoms with Crippen LogP contribution >= 0.6 is 39.1 Å². The number of unbranched alkanes of at least 4 members (excludes halogenated alkanes) is 1. The van der Waals surface area contributed by atoms with Crippen molar-refractivity contribution in [2.75, 3.05) is 17.4 Å². The van der Waals surface area contributed by atoms with Crippen LogP contribution in [0.5, 0.6) is 0 Å². The number of carbonyl (C=O) groups is 2. The van der Waals surface area contributed by atoms with E-state index >= 15 is 0 Å². The monoisotopic (exact) mass is 681 g/mol. The summed E-state index contributed by atoms with van der Waals surface area (Å²) in [6.07, 6.45) is 2.01. The minimum Gasteiger partial charge on any atom is -0.354 e. The minimum absolute atomic E-state index is 0.00849. The lowest BCUT2D eigenvalue weighted by atomic mass is 10.1. The van der Waals surface area contributed by atoms with Gasteiger partial charge >= 0.3 is 0 Å². The molecule has 1 N–H and O–H groups in total. The Morgan fingerprint density at radius 2 is 1.71 bits per heavy atom. The Hall–Kier alpha value is -2.59. The van der Waals surface area contributed by atoms with Gasteiger partial charge in [-0.25, -0.2) is 8.42 Å². The molecule has 3 aromatic rings. The van der Waals surface area contributed by atoms with Crippen LogP contribution in [0.4, 0.5) is 5.69 Å². The number of benzene rings is 3. The zero-order chi connectivity index (χ0) is 30.2. The standard InChI is InChI=1S/C30H34BrCl2N3O4S/c1-4-6-16-34-30(38)28(5-2)35(19-22-12-13-24(32)18-27(22)33)29(37)20-36(25-9-7-8-23(31)17-25)41(39,40)26-14-10-21(3)11-15-26/h7-15,17-18,28H,4-6,16,19-20H2,1-3H3,(H,34,38)/t28-/m0/s1. The summed E-state index contributed by atoms with van der Waals surface area (Å²) in [6, 6.07) is 17.2. The van der Waals surface area contributed by atoms with Gasteiger partial charge in [0, 0.05) is 27.6 Å². The first kappa shape index (κ1) is 32.9. The molecule has 0 radical (unpaired) electrons. The molecule has 0 spiro atoms. The molecular formula is C30H34BrCl2N3O4S. The fourth-order valence-electron chi connectivity index (χ4n) is 4.26. The van der Waals surface area contributed by atoms with Crippen molar-refractivity contribution < 1.29 is 18.0 Å². The highest BCUT2D eigenvalue weighted by atomic mass is 79.9. The van der Waals surface area contributed by atoms with Gasteiger partial charge in [-0.15, -0.1) is 0 Å². The molecule has 220 valence electrons. The predicted molar refractivity (Wildman–Crippen MR) is 169 cm³/mol. The zero-order valence-electron chi connectivity index (χ0n) is 23.2. The summed E-state index contributed by atoms with van der Waals surface area (Å²) in [4.78, 5) is 28.8. The molecule has 41 heavy (non-hydrogen) atoms. The van der Waals surface area contributed by atoms with Crippen LogP contribution < -0.4 is 9.62 Å². The molecule has 0 aliphatic rings. The molecule has 7 nitrogen and oxygen atoms in total. The summed E-state index contributed by atoms with van der Waals surface area (Å²) in [5.41, 5.74) is 1.79. The van der Waals surface area contributed by atoms with Gasteiger partial charge in [-0.05, 0) is 67.8 Å². The lowest BCUT2D eigenvalue weighted by Gasteiger charge is -2.33. The molecule has 0 saturated heterocycles. The molecule has 0 fully saturated rings. The molecule has 0 unspecified atom stereocenters. The highest BCUT2D eigenvalue weighted by molar-refractivity contribution is 9.10. The van der Waals surface area contributed by atoms with Crippen LogP contribution in [0.3, 0.4) is 0 Å². The second-order valence-corrected chi connectivity index (χ2v) is 13.3. The number of amides is 2. The maximum Gasteiger partial charge on any atom is 0.264 e. The average molecular weight is 683 g/mol. The van der Waals surface area contributed by atoms with Gasteiger partial charge in [-0.2, -0.15) is 0 Å². The third-order valence-electron chi connectivity index (χ3n) is 6.56. The van der Waals surface area contributed by atoms with Crippen LogP contribution in [0.15, 0.2) is 76.1 Å². The smallest absolute Gasteiger partial charge is 0.264 e. The molecule has 11 heteroatoms. The normalized spacial score (nSPS) is 12.0. The number of carbonyl (C=O) groups excluding carboxylic acids is 2. The van der Waals surface area contributed by atoms with Crippen molar-refractivity contribution in [3.05, 3.63) is 92.4 Å². The van der Waals surface area contributed by atoms with E-state index in [0.717, 1.165) is 22.7 Å². The van der Waals surface area contributed by atoms with Gasteiger partial charge in [-0.3, -0.25) is 13.9 Å². The topological polar surface area (TPSA) is 86.8 Å². The lowest BCUT2D eigenvalue weighted by molar-refractivity contribution is -0.140. The summed E-state index contributed by atoms with van der Waals surface area (Å²) in [6.45, 7) is 5.63. The van der Waals surface area contributed by atoms with Crippen molar-refractivity contribution >= 4 is 66.7 Å². The number of hydrogen-bond acceptors (Lipinski definition) is 4. The van der Waals surface area contributed by atoms with E-state index in [0.29, 0.717) is 38.7 Å². The molecule has 0 aliphatic carbocycles. The molecule has 2 amide bonds. The lowest BCUT2D eigenvalue weighted by Crippen LogP contribution is -2.52. The van der Waals surface area contributed by atoms with E-state index < -0.39 is 28.5 Å². The van der Waals surface area contributed by atoms with Crippen LogP contribution in [0.25, 0.3) is 0 Å². The molecule has 0 saturated carbocycles. The first-order valence-electron chi connectivity index (χ1n) is 13.3.